The lowest BCUT2D eigenvalue weighted by Gasteiger charge is -2.32. The molecule has 2 heterocycles. The largest absolute Gasteiger partial charge is 0.493 e. The Bertz CT molecular complexity index is 733. The molecule has 7 heteroatoms. The van der Waals surface area contributed by atoms with Crippen LogP contribution < -0.4 is 10.1 Å². The molecule has 2 aromatic rings. The summed E-state index contributed by atoms with van der Waals surface area (Å²) in [5.74, 6) is 0.736. The van der Waals surface area contributed by atoms with Crippen LogP contribution in [-0.2, 0) is 16.1 Å². The molecule has 3 rings (SSSR count). The van der Waals surface area contributed by atoms with Gasteiger partial charge >= 0.3 is 0 Å². The van der Waals surface area contributed by atoms with Crippen LogP contribution in [0.1, 0.15) is 25.7 Å². The zero-order valence-electron chi connectivity index (χ0n) is 16.1. The van der Waals surface area contributed by atoms with Crippen LogP contribution in [0.15, 0.2) is 49.1 Å². The molecule has 1 fully saturated rings. The molecule has 0 aliphatic carbocycles. The number of imidazole rings is 1. The number of rotatable bonds is 9. The number of nitrogens with zero attached hydrogens (tertiary/aromatic N) is 3. The van der Waals surface area contributed by atoms with Crippen LogP contribution in [-0.4, -0.2) is 52.5 Å². The Morgan fingerprint density at radius 2 is 2.11 bits per heavy atom. The lowest BCUT2D eigenvalue weighted by atomic mass is 9.97. The van der Waals surface area contributed by atoms with Crippen molar-refractivity contribution in [2.24, 2.45) is 5.92 Å². The summed E-state index contributed by atoms with van der Waals surface area (Å²) in [7, 11) is 0. The number of ether oxygens (including phenoxy) is 1. The summed E-state index contributed by atoms with van der Waals surface area (Å²) in [5, 5.41) is 3.00. The first-order valence-electron chi connectivity index (χ1n) is 9.91. The van der Waals surface area contributed by atoms with E-state index < -0.39 is 0 Å². The van der Waals surface area contributed by atoms with Gasteiger partial charge in [-0.25, -0.2) is 4.98 Å². The molecule has 2 amide bonds. The quantitative estimate of drug-likeness (QED) is 0.672. The number of carbonyl (C=O) groups excluding carboxylic acids is 2. The van der Waals surface area contributed by atoms with Crippen LogP contribution in [0.4, 0.5) is 0 Å². The third-order valence-corrected chi connectivity index (χ3v) is 4.92. The van der Waals surface area contributed by atoms with E-state index in [2.05, 4.69) is 10.3 Å². The summed E-state index contributed by atoms with van der Waals surface area (Å²) in [6, 6.07) is 9.48. The van der Waals surface area contributed by atoms with Crippen LogP contribution in [0.5, 0.6) is 5.75 Å². The number of hydrogen-bond acceptors (Lipinski definition) is 4. The molecule has 1 saturated heterocycles. The van der Waals surface area contributed by atoms with Gasteiger partial charge in [0.1, 0.15) is 5.75 Å². The van der Waals surface area contributed by atoms with Crippen molar-refractivity contribution in [1.29, 1.82) is 0 Å². The van der Waals surface area contributed by atoms with Gasteiger partial charge in [0.25, 0.3) is 0 Å². The van der Waals surface area contributed by atoms with Gasteiger partial charge in [0.05, 0.1) is 25.3 Å². The number of hydrogen-bond donors (Lipinski definition) is 1. The minimum Gasteiger partial charge on any atom is -0.493 e. The van der Waals surface area contributed by atoms with Gasteiger partial charge in [0.15, 0.2) is 0 Å². The minimum absolute atomic E-state index is 0.0451. The first-order valence-corrected chi connectivity index (χ1v) is 9.91. The number of piperidine rings is 1. The van der Waals surface area contributed by atoms with Crippen molar-refractivity contribution in [3.8, 4) is 5.75 Å². The monoisotopic (exact) mass is 384 g/mol. The Balaban J connectivity index is 1.35. The molecule has 7 nitrogen and oxygen atoms in total. The fourth-order valence-electron chi connectivity index (χ4n) is 3.39. The molecular weight excluding hydrogens is 356 g/mol. The number of likely N-dealkylation sites (tertiary alicyclic amines) is 1. The van der Waals surface area contributed by atoms with Gasteiger partial charge < -0.3 is 19.5 Å². The maximum Gasteiger partial charge on any atom is 0.226 e. The molecule has 1 aromatic heterocycles. The Morgan fingerprint density at radius 1 is 1.25 bits per heavy atom. The Kier molecular flexibility index (Phi) is 7.46. The summed E-state index contributed by atoms with van der Waals surface area (Å²) < 4.78 is 7.60. The first kappa shape index (κ1) is 19.9. The Hall–Kier alpha value is -2.83. The van der Waals surface area contributed by atoms with Crippen LogP contribution >= 0.6 is 0 Å². The maximum absolute atomic E-state index is 12.5. The number of carbonyl (C=O) groups is 2. The molecule has 1 atom stereocenters. The standard InChI is InChI=1S/C21H28N4O3/c26-20(9-15-28-19-7-2-1-3-8-19)25-13-4-6-18(16-25)21(27)23-10-5-12-24-14-11-22-17-24/h1-3,7-8,11,14,17-18H,4-6,9-10,12-13,15-16H2,(H,23,27). The lowest BCUT2D eigenvalue weighted by molar-refractivity contribution is -0.136. The van der Waals surface area contributed by atoms with Crippen LogP contribution in [0, 0.1) is 5.92 Å². The van der Waals surface area contributed by atoms with Crippen molar-refractivity contribution in [2.45, 2.75) is 32.2 Å². The minimum atomic E-state index is -0.124. The fraction of sp³-hybridized carbons (Fsp3) is 0.476. The highest BCUT2D eigenvalue weighted by Crippen LogP contribution is 2.18. The number of aromatic nitrogens is 2. The predicted octanol–water partition coefficient (Wildman–Crippen LogP) is 2.10. The normalized spacial score (nSPS) is 16.6. The number of nitrogens with one attached hydrogen (secondary N) is 1. The average molecular weight is 384 g/mol. The maximum atomic E-state index is 12.5. The van der Waals surface area contributed by atoms with Crippen molar-refractivity contribution in [3.05, 3.63) is 49.1 Å². The molecule has 0 bridgehead atoms. The molecule has 150 valence electrons. The van der Waals surface area contributed by atoms with E-state index >= 15 is 0 Å². The number of benzene rings is 1. The number of amides is 2. The number of para-hydroxylation sites is 1. The van der Waals surface area contributed by atoms with Crippen LogP contribution in [0.2, 0.25) is 0 Å². The highest BCUT2D eigenvalue weighted by atomic mass is 16.5. The third kappa shape index (κ3) is 6.11. The average Bonchev–Trinajstić information content (AvgIpc) is 3.25. The summed E-state index contributed by atoms with van der Waals surface area (Å²) >= 11 is 0. The molecule has 0 saturated carbocycles. The zero-order chi connectivity index (χ0) is 19.6. The topological polar surface area (TPSA) is 76.5 Å². The zero-order valence-corrected chi connectivity index (χ0v) is 16.1. The van der Waals surface area contributed by atoms with Gasteiger partial charge in [-0.3, -0.25) is 9.59 Å². The van der Waals surface area contributed by atoms with E-state index in [-0.39, 0.29) is 17.7 Å². The summed E-state index contributed by atoms with van der Waals surface area (Å²) in [5.41, 5.74) is 0. The Morgan fingerprint density at radius 3 is 2.89 bits per heavy atom. The SMILES string of the molecule is O=C(NCCCn1ccnc1)C1CCCN(C(=O)CCOc2ccccc2)C1. The second kappa shape index (κ2) is 10.5. The van der Waals surface area contributed by atoms with Gasteiger partial charge in [-0.05, 0) is 31.4 Å². The molecular formula is C21H28N4O3. The van der Waals surface area contributed by atoms with E-state index in [0.717, 1.165) is 31.6 Å². The molecule has 1 N–H and O–H groups in total. The van der Waals surface area contributed by atoms with Gasteiger partial charge in [-0.15, -0.1) is 0 Å². The molecule has 1 aromatic carbocycles. The number of aryl methyl sites for hydroxylation is 1. The van der Waals surface area contributed by atoms with Gasteiger partial charge in [0, 0.05) is 38.6 Å². The highest BCUT2D eigenvalue weighted by molar-refractivity contribution is 5.81. The molecule has 1 unspecified atom stereocenters. The van der Waals surface area contributed by atoms with Gasteiger partial charge in [-0.1, -0.05) is 18.2 Å². The lowest BCUT2D eigenvalue weighted by Crippen LogP contribution is -2.45. The molecule has 1 aliphatic heterocycles. The second-order valence-electron chi connectivity index (χ2n) is 7.04. The summed E-state index contributed by atoms with van der Waals surface area (Å²) in [6.45, 7) is 3.03. The molecule has 1 aliphatic rings. The smallest absolute Gasteiger partial charge is 0.226 e. The van der Waals surface area contributed by atoms with E-state index in [9.17, 15) is 9.59 Å². The van der Waals surface area contributed by atoms with E-state index in [1.54, 1.807) is 17.4 Å². The van der Waals surface area contributed by atoms with Crippen molar-refractivity contribution < 1.29 is 14.3 Å². The van der Waals surface area contributed by atoms with E-state index in [4.69, 9.17) is 4.74 Å². The van der Waals surface area contributed by atoms with Crippen molar-refractivity contribution >= 4 is 11.8 Å². The van der Waals surface area contributed by atoms with Crippen molar-refractivity contribution in [2.75, 3.05) is 26.2 Å². The van der Waals surface area contributed by atoms with Crippen LogP contribution in [0.3, 0.4) is 0 Å². The molecule has 0 spiro atoms. The van der Waals surface area contributed by atoms with Crippen LogP contribution in [0.25, 0.3) is 0 Å². The molecule has 0 radical (unpaired) electrons. The van der Waals surface area contributed by atoms with E-state index in [1.165, 1.54) is 0 Å². The summed E-state index contributed by atoms with van der Waals surface area (Å²) in [4.78, 5) is 30.7. The third-order valence-electron chi connectivity index (χ3n) is 4.92. The van der Waals surface area contributed by atoms with E-state index in [0.29, 0.717) is 32.7 Å². The summed E-state index contributed by atoms with van der Waals surface area (Å²) in [6.07, 6.45) is 8.30. The fourth-order valence-corrected chi connectivity index (χ4v) is 3.39. The van der Waals surface area contributed by atoms with E-state index in [1.807, 2.05) is 41.1 Å². The second-order valence-corrected chi connectivity index (χ2v) is 7.04. The molecule has 28 heavy (non-hydrogen) atoms. The van der Waals surface area contributed by atoms with Gasteiger partial charge in [0.2, 0.25) is 11.8 Å². The van der Waals surface area contributed by atoms with Crippen molar-refractivity contribution in [3.63, 3.8) is 0 Å². The first-order chi connectivity index (χ1) is 13.7. The Labute approximate surface area is 165 Å². The van der Waals surface area contributed by atoms with Crippen molar-refractivity contribution in [1.82, 2.24) is 19.8 Å². The van der Waals surface area contributed by atoms with Gasteiger partial charge in [-0.2, -0.15) is 0 Å². The predicted molar refractivity (Wildman–Crippen MR) is 106 cm³/mol. The highest BCUT2D eigenvalue weighted by Gasteiger charge is 2.28.